The number of alkyl halides is 1. The molecule has 2 aliphatic heterocycles. The molecule has 5 heterocycles. The lowest BCUT2D eigenvalue weighted by molar-refractivity contribution is -0.145. The summed E-state index contributed by atoms with van der Waals surface area (Å²) in [7, 11) is 0. The van der Waals surface area contributed by atoms with Crippen molar-refractivity contribution in [1.29, 1.82) is 0 Å². The van der Waals surface area contributed by atoms with Crippen molar-refractivity contribution in [3.8, 4) is 10.4 Å². The van der Waals surface area contributed by atoms with Crippen LogP contribution in [0.2, 0.25) is 0 Å². The number of aryl methyl sites for hydroxylation is 1. The number of halogens is 2. The Labute approximate surface area is 433 Å². The van der Waals surface area contributed by atoms with E-state index in [1.807, 2.05) is 30.6 Å². The van der Waals surface area contributed by atoms with Crippen LogP contribution < -0.4 is 16.2 Å². The molecular weight excluding hydrogens is 996 g/mol. The number of aliphatic hydroxyl groups is 1. The van der Waals surface area contributed by atoms with Gasteiger partial charge in [-0.25, -0.2) is 9.37 Å². The summed E-state index contributed by atoms with van der Waals surface area (Å²) >= 11 is 5.23. The number of carbonyl (C=O) groups excluding carboxylic acids is 3. The van der Waals surface area contributed by atoms with Gasteiger partial charge in [0.2, 0.25) is 17.6 Å². The first-order chi connectivity index (χ1) is 34.5. The van der Waals surface area contributed by atoms with Crippen molar-refractivity contribution in [2.75, 3.05) is 26.2 Å². The Kier molecular flexibility index (Phi) is 14.3. The maximum absolute atomic E-state index is 14.8. The summed E-state index contributed by atoms with van der Waals surface area (Å²) in [5.41, 5.74) is 6.31. The number of likely N-dealkylation sites (tertiary alicyclic amines) is 2. The second-order valence-corrected chi connectivity index (χ2v) is 24.1. The second-order valence-electron chi connectivity index (χ2n) is 22.4. The number of rotatable bonds is 15. The molecule has 13 nitrogen and oxygen atoms in total. The van der Waals surface area contributed by atoms with Crippen LogP contribution in [0.4, 0.5) is 4.39 Å². The minimum Gasteiger partial charge on any atom is -0.391 e. The predicted molar refractivity (Wildman–Crippen MR) is 285 cm³/mol. The molecule has 2 saturated heterocycles. The number of fused-ring (bicyclic) bond motifs is 5. The van der Waals surface area contributed by atoms with E-state index in [1.165, 1.54) is 23.3 Å². The summed E-state index contributed by atoms with van der Waals surface area (Å²) in [6, 6.07) is 19.0. The van der Waals surface area contributed by atoms with Gasteiger partial charge >= 0.3 is 0 Å². The molecule has 3 N–H and O–H groups in total. The number of imidazole rings is 1. The summed E-state index contributed by atoms with van der Waals surface area (Å²) in [6.07, 6.45) is 8.57. The van der Waals surface area contributed by atoms with Gasteiger partial charge in [0, 0.05) is 23.5 Å². The number of benzene rings is 3. The van der Waals surface area contributed by atoms with Crippen molar-refractivity contribution in [1.82, 2.24) is 39.4 Å². The molecule has 3 amide bonds. The van der Waals surface area contributed by atoms with Crippen LogP contribution in [-0.2, 0) is 14.4 Å². The molecule has 0 bridgehead atoms. The number of carbonyl (C=O) groups is 3. The molecule has 5 atom stereocenters. The first-order valence-corrected chi connectivity index (χ1v) is 27.8. The third kappa shape index (κ3) is 10.1. The average molecular weight is 1060 g/mol. The number of hydrogen-bond donors (Lipinski definition) is 3. The van der Waals surface area contributed by atoms with Crippen LogP contribution in [0.5, 0.6) is 0 Å². The highest BCUT2D eigenvalue weighted by atomic mass is 79.9. The molecule has 3 aromatic carbocycles. The minimum atomic E-state index is -1.96. The number of nitrogens with zero attached hydrogens (tertiary/aromatic N) is 6. The van der Waals surface area contributed by atoms with E-state index in [1.54, 1.807) is 32.1 Å². The molecule has 10 rings (SSSR count). The van der Waals surface area contributed by atoms with Crippen LogP contribution in [0.3, 0.4) is 0 Å². The summed E-state index contributed by atoms with van der Waals surface area (Å²) in [5.74, 6) is -0.153. The average Bonchev–Trinajstić information content (AvgIpc) is 3.81. The largest absolute Gasteiger partial charge is 0.391 e. The fraction of sp³-hybridized carbons (Fsp3) is 0.536. The van der Waals surface area contributed by atoms with Gasteiger partial charge in [-0.05, 0) is 158 Å². The SMILES string of the molecule is Cc1ncsc1-c1ccc([C@H](CC[C@H](C)CCN2CCC(c3ccc4c(c3)n3c5cccc(Br)c5c(=O)nc3n4C3CCCC3)CC2)NC(=O)[C@@H]2C[C@@H](O)CN2C(=O)[C@@H](NC(=O)C2(F)CC2)C(C)(C)C)cc1. The monoisotopic (exact) mass is 1060 g/mol. The van der Waals surface area contributed by atoms with E-state index in [-0.39, 0.29) is 43.3 Å². The van der Waals surface area contributed by atoms with Crippen molar-refractivity contribution in [2.24, 2.45) is 11.3 Å². The highest BCUT2D eigenvalue weighted by Crippen LogP contribution is 2.41. The van der Waals surface area contributed by atoms with Crippen LogP contribution in [0.15, 0.2) is 75.4 Å². The number of aliphatic hydroxyl groups excluding tert-OH is 1. The van der Waals surface area contributed by atoms with Gasteiger partial charge in [-0.15, -0.1) is 11.3 Å². The standard InChI is InChI=1S/C56H68BrFN8O5S/c1-33(21-26-63-27-22-35(23-28-63)38-18-20-43-45(29-38)66-44-12-8-11-41(57)47(44)51(69)62-54(66)65(43)39-9-6-7-10-39)13-19-42(36-14-16-37(17-15-36)48-34(2)59-32-72-48)60-50(68)46-30-40(67)31-64(46)52(70)49(55(3,4)5)61-53(71)56(58)24-25-56/h8,11-12,14-18,20,29,32-33,35,39-40,42,46,49,67H,6-7,9-10,13,19,21-28,30-31H2,1-5H3,(H,60,68)(H,61,71)/t33-,40+,42-,46-,49+/m0/s1. The van der Waals surface area contributed by atoms with Crippen molar-refractivity contribution in [3.05, 3.63) is 97.8 Å². The Hall–Kier alpha value is -5.03. The maximum Gasteiger partial charge on any atom is 0.283 e. The van der Waals surface area contributed by atoms with Gasteiger partial charge in [0.25, 0.3) is 11.5 Å². The summed E-state index contributed by atoms with van der Waals surface area (Å²) in [5, 5.41) is 17.5. The van der Waals surface area contributed by atoms with Crippen LogP contribution in [0.25, 0.3) is 38.2 Å². The normalized spacial score (nSPS) is 21.1. The molecule has 0 unspecified atom stereocenters. The zero-order chi connectivity index (χ0) is 50.6. The van der Waals surface area contributed by atoms with E-state index in [9.17, 15) is 28.7 Å². The summed E-state index contributed by atoms with van der Waals surface area (Å²) in [4.78, 5) is 69.2. The summed E-state index contributed by atoms with van der Waals surface area (Å²) in [6.45, 7) is 12.6. The lowest BCUT2D eigenvalue weighted by Crippen LogP contribution is -2.59. The molecule has 16 heteroatoms. The van der Waals surface area contributed by atoms with Crippen LogP contribution in [-0.4, -0.2) is 102 Å². The highest BCUT2D eigenvalue weighted by Gasteiger charge is 2.53. The van der Waals surface area contributed by atoms with Gasteiger partial charge in [-0.3, -0.25) is 23.6 Å². The molecule has 382 valence electrons. The topological polar surface area (TPSA) is 154 Å². The van der Waals surface area contributed by atoms with Gasteiger partial charge in [-0.2, -0.15) is 4.98 Å². The van der Waals surface area contributed by atoms with Gasteiger partial charge < -0.3 is 30.1 Å². The van der Waals surface area contributed by atoms with E-state index in [2.05, 4.69) is 94.8 Å². The lowest BCUT2D eigenvalue weighted by Gasteiger charge is -2.36. The number of amides is 3. The van der Waals surface area contributed by atoms with Gasteiger partial charge in [0.05, 0.1) is 50.2 Å². The predicted octanol–water partition coefficient (Wildman–Crippen LogP) is 9.95. The van der Waals surface area contributed by atoms with Crippen molar-refractivity contribution in [2.45, 2.75) is 154 Å². The Morgan fingerprint density at radius 2 is 1.68 bits per heavy atom. The molecule has 4 aliphatic rings. The Bertz CT molecular complexity index is 3060. The second kappa shape index (κ2) is 20.4. The molecule has 6 aromatic rings. The number of hydrogen-bond acceptors (Lipinski definition) is 9. The molecule has 2 aliphatic carbocycles. The maximum atomic E-state index is 14.8. The number of thiazole rings is 1. The van der Waals surface area contributed by atoms with Crippen LogP contribution >= 0.6 is 27.3 Å². The molecular formula is C56H68BrFN8O5S. The number of nitrogens with one attached hydrogen (secondary N) is 2. The van der Waals surface area contributed by atoms with Crippen LogP contribution in [0, 0.1) is 18.3 Å². The quantitative estimate of drug-likeness (QED) is 0.0919. The smallest absolute Gasteiger partial charge is 0.283 e. The van der Waals surface area contributed by atoms with Crippen molar-refractivity contribution < 1.29 is 23.9 Å². The van der Waals surface area contributed by atoms with Gasteiger partial charge in [-0.1, -0.05) is 76.9 Å². The lowest BCUT2D eigenvalue weighted by atomic mass is 9.85. The number of β-amino-alcohol motifs (C(OH)–C–C–N with tert-alkyl or cyclic N) is 1. The van der Waals surface area contributed by atoms with Gasteiger partial charge in [0.15, 0.2) is 5.67 Å². The van der Waals surface area contributed by atoms with E-state index in [0.717, 1.165) is 107 Å². The zero-order valence-corrected chi connectivity index (χ0v) is 44.5. The summed E-state index contributed by atoms with van der Waals surface area (Å²) < 4.78 is 20.1. The van der Waals surface area contributed by atoms with E-state index in [0.29, 0.717) is 29.7 Å². The molecule has 3 aromatic heterocycles. The van der Waals surface area contributed by atoms with Gasteiger partial charge in [0.1, 0.15) is 12.1 Å². The first kappa shape index (κ1) is 50.5. The van der Waals surface area contributed by atoms with E-state index in [4.69, 9.17) is 4.98 Å². The van der Waals surface area contributed by atoms with Crippen molar-refractivity contribution >= 4 is 72.7 Å². The molecule has 0 radical (unpaired) electrons. The molecule has 72 heavy (non-hydrogen) atoms. The first-order valence-electron chi connectivity index (χ1n) is 26.1. The molecule has 2 saturated carbocycles. The van der Waals surface area contributed by atoms with Crippen molar-refractivity contribution in [3.63, 3.8) is 0 Å². The molecule has 4 fully saturated rings. The number of piperidine rings is 1. The van der Waals surface area contributed by atoms with E-state index < -0.39 is 41.1 Å². The van der Waals surface area contributed by atoms with Crippen LogP contribution in [0.1, 0.15) is 140 Å². The zero-order valence-electron chi connectivity index (χ0n) is 42.1. The fourth-order valence-corrected chi connectivity index (χ4v) is 13.0. The minimum absolute atomic E-state index is 0.0559. The van der Waals surface area contributed by atoms with E-state index >= 15 is 0 Å². The Morgan fingerprint density at radius 3 is 2.36 bits per heavy atom. The Balaban J connectivity index is 0.803. The number of aromatic nitrogens is 4. The highest BCUT2D eigenvalue weighted by molar-refractivity contribution is 9.10. The third-order valence-electron chi connectivity index (χ3n) is 16.2. The molecule has 0 spiro atoms. The third-order valence-corrected chi connectivity index (χ3v) is 17.8. The Morgan fingerprint density at radius 1 is 0.944 bits per heavy atom. The fourth-order valence-electron chi connectivity index (χ4n) is 11.7.